The Bertz CT molecular complexity index is 269. The number of ether oxygens (including phenoxy) is 1. The van der Waals surface area contributed by atoms with Gasteiger partial charge in [0.1, 0.15) is 0 Å². The Balaban J connectivity index is 1.71. The van der Waals surface area contributed by atoms with Crippen LogP contribution in [0.2, 0.25) is 0 Å². The Morgan fingerprint density at radius 2 is 2.24 bits per heavy atom. The van der Waals surface area contributed by atoms with Crippen molar-refractivity contribution in [2.75, 3.05) is 19.7 Å². The molecule has 0 aromatic heterocycles. The normalized spacial score (nSPS) is 27.6. The van der Waals surface area contributed by atoms with E-state index in [1.54, 1.807) is 0 Å². The van der Waals surface area contributed by atoms with Crippen molar-refractivity contribution < 1.29 is 9.53 Å². The van der Waals surface area contributed by atoms with Gasteiger partial charge in [-0.25, -0.2) is 0 Å². The average Bonchev–Trinajstić information content (AvgIpc) is 2.27. The SMILES string of the molecule is CCCC1(N)CN(C(=O)CC2CCCCO2)C1. The molecule has 0 aromatic carbocycles. The number of rotatable bonds is 4. The molecule has 2 heterocycles. The lowest BCUT2D eigenvalue weighted by Crippen LogP contribution is -2.68. The molecule has 1 unspecified atom stereocenters. The molecular formula is C13H24N2O2. The molecule has 4 nitrogen and oxygen atoms in total. The van der Waals surface area contributed by atoms with Crippen molar-refractivity contribution in [2.45, 2.75) is 57.1 Å². The molecule has 0 radical (unpaired) electrons. The predicted octanol–water partition coefficient (Wildman–Crippen LogP) is 1.29. The second kappa shape index (κ2) is 5.36. The third-order valence-corrected chi connectivity index (χ3v) is 3.79. The second-order valence-electron chi connectivity index (χ2n) is 5.55. The number of nitrogens with two attached hydrogens (primary N) is 1. The number of hydrogen-bond acceptors (Lipinski definition) is 3. The van der Waals surface area contributed by atoms with Crippen LogP contribution in [0.1, 0.15) is 45.4 Å². The molecule has 2 rings (SSSR count). The lowest BCUT2D eigenvalue weighted by molar-refractivity contribution is -0.142. The molecule has 0 aliphatic carbocycles. The van der Waals surface area contributed by atoms with Crippen LogP contribution in [-0.4, -0.2) is 42.1 Å². The van der Waals surface area contributed by atoms with Gasteiger partial charge in [0.25, 0.3) is 0 Å². The first kappa shape index (κ1) is 12.8. The summed E-state index contributed by atoms with van der Waals surface area (Å²) in [6.07, 6.45) is 6.15. The van der Waals surface area contributed by atoms with Crippen LogP contribution in [-0.2, 0) is 9.53 Å². The first-order valence-corrected chi connectivity index (χ1v) is 6.81. The number of carbonyl (C=O) groups is 1. The van der Waals surface area contributed by atoms with Gasteiger partial charge in [-0.15, -0.1) is 0 Å². The van der Waals surface area contributed by atoms with Crippen LogP contribution < -0.4 is 5.73 Å². The van der Waals surface area contributed by atoms with Crippen molar-refractivity contribution in [3.63, 3.8) is 0 Å². The van der Waals surface area contributed by atoms with E-state index in [-0.39, 0.29) is 17.6 Å². The van der Waals surface area contributed by atoms with Crippen molar-refractivity contribution in [3.8, 4) is 0 Å². The summed E-state index contributed by atoms with van der Waals surface area (Å²) in [6.45, 7) is 4.41. The van der Waals surface area contributed by atoms with Crippen LogP contribution in [0.3, 0.4) is 0 Å². The van der Waals surface area contributed by atoms with E-state index in [0.717, 1.165) is 45.4 Å². The van der Waals surface area contributed by atoms with Crippen LogP contribution in [0.15, 0.2) is 0 Å². The van der Waals surface area contributed by atoms with Gasteiger partial charge in [0.15, 0.2) is 0 Å². The quantitative estimate of drug-likeness (QED) is 0.805. The predicted molar refractivity (Wildman–Crippen MR) is 66.6 cm³/mol. The molecule has 1 amide bonds. The molecule has 1 atom stereocenters. The summed E-state index contributed by atoms with van der Waals surface area (Å²) < 4.78 is 5.59. The van der Waals surface area contributed by atoms with Crippen molar-refractivity contribution in [1.82, 2.24) is 4.90 Å². The van der Waals surface area contributed by atoms with Crippen LogP contribution >= 0.6 is 0 Å². The molecule has 17 heavy (non-hydrogen) atoms. The minimum absolute atomic E-state index is 0.113. The van der Waals surface area contributed by atoms with E-state index in [2.05, 4.69) is 6.92 Å². The van der Waals surface area contributed by atoms with Crippen LogP contribution in [0, 0.1) is 0 Å². The van der Waals surface area contributed by atoms with E-state index in [1.165, 1.54) is 6.42 Å². The molecule has 0 bridgehead atoms. The van der Waals surface area contributed by atoms with Gasteiger partial charge in [0, 0.05) is 19.7 Å². The molecule has 4 heteroatoms. The highest BCUT2D eigenvalue weighted by atomic mass is 16.5. The van der Waals surface area contributed by atoms with E-state index >= 15 is 0 Å². The fourth-order valence-corrected chi connectivity index (χ4v) is 2.84. The van der Waals surface area contributed by atoms with Gasteiger partial charge < -0.3 is 15.4 Å². The molecule has 2 aliphatic heterocycles. The lowest BCUT2D eigenvalue weighted by Gasteiger charge is -2.48. The molecule has 0 saturated carbocycles. The highest BCUT2D eigenvalue weighted by Crippen LogP contribution is 2.25. The standard InChI is InChI=1S/C13H24N2O2/c1-2-6-13(14)9-15(10-13)12(16)8-11-5-3-4-7-17-11/h11H,2-10,14H2,1H3. The zero-order valence-electron chi connectivity index (χ0n) is 10.8. The number of carbonyl (C=O) groups excluding carboxylic acids is 1. The van der Waals surface area contributed by atoms with Crippen LogP contribution in [0.4, 0.5) is 0 Å². The highest BCUT2D eigenvalue weighted by molar-refractivity contribution is 5.78. The summed E-state index contributed by atoms with van der Waals surface area (Å²) in [5.41, 5.74) is 6.04. The summed E-state index contributed by atoms with van der Waals surface area (Å²) in [4.78, 5) is 13.9. The molecule has 0 spiro atoms. The van der Waals surface area contributed by atoms with E-state index < -0.39 is 0 Å². The van der Waals surface area contributed by atoms with Gasteiger partial charge in [-0.05, 0) is 25.7 Å². The molecular weight excluding hydrogens is 216 g/mol. The zero-order chi connectivity index (χ0) is 12.3. The van der Waals surface area contributed by atoms with Crippen LogP contribution in [0.25, 0.3) is 0 Å². The smallest absolute Gasteiger partial charge is 0.225 e. The average molecular weight is 240 g/mol. The van der Waals surface area contributed by atoms with Gasteiger partial charge in [0.2, 0.25) is 5.91 Å². The second-order valence-corrected chi connectivity index (χ2v) is 5.55. The maximum atomic E-state index is 12.0. The van der Waals surface area contributed by atoms with E-state index in [1.807, 2.05) is 4.90 Å². The number of likely N-dealkylation sites (tertiary alicyclic amines) is 1. The van der Waals surface area contributed by atoms with E-state index in [0.29, 0.717) is 6.42 Å². The Labute approximate surface area is 103 Å². The van der Waals surface area contributed by atoms with Crippen LogP contribution in [0.5, 0.6) is 0 Å². The zero-order valence-corrected chi connectivity index (χ0v) is 10.8. The van der Waals surface area contributed by atoms with Crippen molar-refractivity contribution in [1.29, 1.82) is 0 Å². The first-order chi connectivity index (χ1) is 8.13. The lowest BCUT2D eigenvalue weighted by atomic mass is 9.86. The Morgan fingerprint density at radius 1 is 1.47 bits per heavy atom. The largest absolute Gasteiger partial charge is 0.378 e. The van der Waals surface area contributed by atoms with Gasteiger partial charge in [-0.2, -0.15) is 0 Å². The molecule has 2 aliphatic rings. The molecule has 2 N–H and O–H groups in total. The Morgan fingerprint density at radius 3 is 2.82 bits per heavy atom. The van der Waals surface area contributed by atoms with Crippen molar-refractivity contribution in [3.05, 3.63) is 0 Å². The molecule has 2 fully saturated rings. The number of nitrogens with zero attached hydrogens (tertiary/aromatic N) is 1. The molecule has 2 saturated heterocycles. The minimum atomic E-state index is -0.113. The Kier molecular flexibility index (Phi) is 4.05. The summed E-state index contributed by atoms with van der Waals surface area (Å²) in [5.74, 6) is 0.217. The first-order valence-electron chi connectivity index (χ1n) is 6.81. The summed E-state index contributed by atoms with van der Waals surface area (Å²) in [5, 5.41) is 0. The van der Waals surface area contributed by atoms with Gasteiger partial charge in [-0.1, -0.05) is 13.3 Å². The third kappa shape index (κ3) is 3.19. The number of hydrogen-bond donors (Lipinski definition) is 1. The highest BCUT2D eigenvalue weighted by Gasteiger charge is 2.41. The molecule has 0 aromatic rings. The summed E-state index contributed by atoms with van der Waals surface area (Å²) >= 11 is 0. The summed E-state index contributed by atoms with van der Waals surface area (Å²) in [7, 11) is 0. The fourth-order valence-electron chi connectivity index (χ4n) is 2.84. The van der Waals surface area contributed by atoms with Gasteiger partial charge >= 0.3 is 0 Å². The maximum absolute atomic E-state index is 12.0. The van der Waals surface area contributed by atoms with E-state index in [4.69, 9.17) is 10.5 Å². The van der Waals surface area contributed by atoms with E-state index in [9.17, 15) is 4.79 Å². The number of amides is 1. The van der Waals surface area contributed by atoms with Crippen molar-refractivity contribution in [2.24, 2.45) is 5.73 Å². The minimum Gasteiger partial charge on any atom is -0.378 e. The Hall–Kier alpha value is -0.610. The van der Waals surface area contributed by atoms with Crippen molar-refractivity contribution >= 4 is 5.91 Å². The van der Waals surface area contributed by atoms with Gasteiger partial charge in [-0.3, -0.25) is 4.79 Å². The monoisotopic (exact) mass is 240 g/mol. The van der Waals surface area contributed by atoms with Gasteiger partial charge in [0.05, 0.1) is 18.1 Å². The molecule has 98 valence electrons. The summed E-state index contributed by atoms with van der Waals surface area (Å²) in [6, 6.07) is 0. The fraction of sp³-hybridized carbons (Fsp3) is 0.923. The maximum Gasteiger partial charge on any atom is 0.225 e. The topological polar surface area (TPSA) is 55.6 Å². The third-order valence-electron chi connectivity index (χ3n) is 3.79.